The molecule has 0 atom stereocenters. The number of carbonyl (C=O) groups is 1. The van der Waals surface area contributed by atoms with Gasteiger partial charge in [-0.2, -0.15) is 0 Å². The third kappa shape index (κ3) is 4.94. The molecule has 4 heterocycles. The summed E-state index contributed by atoms with van der Waals surface area (Å²) in [5.41, 5.74) is 1.24. The quantitative estimate of drug-likeness (QED) is 0.680. The number of nitrogens with zero attached hydrogens (tertiary/aromatic N) is 6. The molecule has 2 fully saturated rings. The highest BCUT2D eigenvalue weighted by atomic mass is 16.2. The van der Waals surface area contributed by atoms with E-state index in [2.05, 4.69) is 32.0 Å². The smallest absolute Gasteiger partial charge is 0.295 e. The van der Waals surface area contributed by atoms with E-state index >= 15 is 0 Å². The zero-order valence-corrected chi connectivity index (χ0v) is 19.3. The maximum absolute atomic E-state index is 13.0. The van der Waals surface area contributed by atoms with Crippen molar-refractivity contribution >= 4 is 22.9 Å². The largest absolute Gasteiger partial charge is 0.355 e. The standard InChI is InChI=1S/C23H35N7O2/c1-3-27-14-16-28(17-15-27)13-10-25-22(31)18-7-11-29(12-8-18)21-23(32)30(4-2)20-19(26-21)6-5-9-24-20/h5-6,9,18H,3-4,7-8,10-17H2,1-2H3,(H,25,31). The summed E-state index contributed by atoms with van der Waals surface area (Å²) in [6, 6.07) is 3.73. The summed E-state index contributed by atoms with van der Waals surface area (Å²) >= 11 is 0. The number of hydrogen-bond acceptors (Lipinski definition) is 7. The summed E-state index contributed by atoms with van der Waals surface area (Å²) in [7, 11) is 0. The number of nitrogens with one attached hydrogen (secondary N) is 1. The second-order valence-corrected chi connectivity index (χ2v) is 8.66. The molecule has 2 aromatic heterocycles. The van der Waals surface area contributed by atoms with Crippen LogP contribution < -0.4 is 15.8 Å². The Labute approximate surface area is 189 Å². The Morgan fingerprint density at radius 3 is 2.47 bits per heavy atom. The van der Waals surface area contributed by atoms with E-state index in [1.807, 2.05) is 24.0 Å². The van der Waals surface area contributed by atoms with Gasteiger partial charge in [-0.3, -0.25) is 19.1 Å². The van der Waals surface area contributed by atoms with E-state index in [0.29, 0.717) is 37.6 Å². The first-order valence-electron chi connectivity index (χ1n) is 11.9. The number of anilines is 1. The molecule has 0 aromatic carbocycles. The van der Waals surface area contributed by atoms with E-state index in [1.165, 1.54) is 0 Å². The summed E-state index contributed by atoms with van der Waals surface area (Å²) in [5, 5.41) is 3.13. The molecular weight excluding hydrogens is 406 g/mol. The molecule has 2 aromatic rings. The number of carbonyl (C=O) groups excluding carboxylic acids is 1. The Balaban J connectivity index is 1.29. The Bertz CT molecular complexity index is 976. The molecule has 32 heavy (non-hydrogen) atoms. The normalized spacial score (nSPS) is 18.9. The number of likely N-dealkylation sites (N-methyl/N-ethyl adjacent to an activating group) is 1. The van der Waals surface area contributed by atoms with Gasteiger partial charge in [0, 0.05) is 71.0 Å². The molecule has 9 heteroatoms. The van der Waals surface area contributed by atoms with Crippen LogP contribution >= 0.6 is 0 Å². The number of amides is 1. The lowest BCUT2D eigenvalue weighted by Gasteiger charge is -2.34. The van der Waals surface area contributed by atoms with Crippen LogP contribution in [0.5, 0.6) is 0 Å². The van der Waals surface area contributed by atoms with E-state index in [-0.39, 0.29) is 17.4 Å². The topological polar surface area (TPSA) is 86.6 Å². The van der Waals surface area contributed by atoms with Gasteiger partial charge in [0.2, 0.25) is 5.91 Å². The van der Waals surface area contributed by atoms with Crippen molar-refractivity contribution < 1.29 is 4.79 Å². The van der Waals surface area contributed by atoms with Crippen LogP contribution in [0.3, 0.4) is 0 Å². The van der Waals surface area contributed by atoms with Crippen molar-refractivity contribution in [3.63, 3.8) is 0 Å². The number of piperazine rings is 1. The minimum absolute atomic E-state index is 0.00119. The SMILES string of the molecule is CCN1CCN(CCNC(=O)C2CCN(c3nc4cccnc4n(CC)c3=O)CC2)CC1. The first-order valence-corrected chi connectivity index (χ1v) is 11.9. The van der Waals surface area contributed by atoms with Gasteiger partial charge in [0.1, 0.15) is 5.52 Å². The monoisotopic (exact) mass is 441 g/mol. The number of piperidine rings is 1. The summed E-state index contributed by atoms with van der Waals surface area (Å²) in [6.07, 6.45) is 3.16. The van der Waals surface area contributed by atoms with Gasteiger partial charge in [-0.15, -0.1) is 0 Å². The molecule has 0 unspecified atom stereocenters. The van der Waals surface area contributed by atoms with Gasteiger partial charge in [0.05, 0.1) is 0 Å². The van der Waals surface area contributed by atoms with Crippen molar-refractivity contribution in [2.24, 2.45) is 5.92 Å². The number of pyridine rings is 1. The van der Waals surface area contributed by atoms with Gasteiger partial charge in [0.15, 0.2) is 11.5 Å². The number of aromatic nitrogens is 3. The van der Waals surface area contributed by atoms with Crippen molar-refractivity contribution in [3.05, 3.63) is 28.7 Å². The predicted molar refractivity (Wildman–Crippen MR) is 126 cm³/mol. The molecule has 0 bridgehead atoms. The van der Waals surface area contributed by atoms with Crippen molar-refractivity contribution in [1.82, 2.24) is 29.7 Å². The maximum atomic E-state index is 13.0. The van der Waals surface area contributed by atoms with E-state index < -0.39 is 0 Å². The first-order chi connectivity index (χ1) is 15.6. The summed E-state index contributed by atoms with van der Waals surface area (Å²) in [5.74, 6) is 0.606. The Kier molecular flexibility index (Phi) is 7.36. The highest BCUT2D eigenvalue weighted by molar-refractivity contribution is 5.79. The van der Waals surface area contributed by atoms with Crippen LogP contribution in [0.25, 0.3) is 11.2 Å². The number of hydrogen-bond donors (Lipinski definition) is 1. The predicted octanol–water partition coefficient (Wildman–Crippen LogP) is 0.782. The average molecular weight is 442 g/mol. The lowest BCUT2D eigenvalue weighted by Crippen LogP contribution is -2.49. The fraction of sp³-hybridized carbons (Fsp3) is 0.652. The van der Waals surface area contributed by atoms with Gasteiger partial charge < -0.3 is 15.1 Å². The molecule has 2 aliphatic heterocycles. The zero-order chi connectivity index (χ0) is 22.5. The van der Waals surface area contributed by atoms with Crippen LogP contribution in [-0.4, -0.2) is 89.1 Å². The number of aryl methyl sites for hydroxylation is 1. The van der Waals surface area contributed by atoms with Crippen molar-refractivity contribution in [2.75, 3.05) is 63.8 Å². The lowest BCUT2D eigenvalue weighted by molar-refractivity contribution is -0.125. The van der Waals surface area contributed by atoms with Crippen molar-refractivity contribution in [2.45, 2.75) is 33.2 Å². The van der Waals surface area contributed by atoms with E-state index in [1.54, 1.807) is 10.8 Å². The van der Waals surface area contributed by atoms with Crippen LogP contribution in [0.1, 0.15) is 26.7 Å². The van der Waals surface area contributed by atoms with Crippen molar-refractivity contribution in [1.29, 1.82) is 0 Å². The molecule has 0 aliphatic carbocycles. The molecule has 1 N–H and O–H groups in total. The molecule has 9 nitrogen and oxygen atoms in total. The highest BCUT2D eigenvalue weighted by Gasteiger charge is 2.27. The third-order valence-corrected chi connectivity index (χ3v) is 6.81. The Hall–Kier alpha value is -2.52. The fourth-order valence-corrected chi connectivity index (χ4v) is 4.73. The highest BCUT2D eigenvalue weighted by Crippen LogP contribution is 2.21. The summed E-state index contributed by atoms with van der Waals surface area (Å²) in [6.45, 7) is 13.1. The Morgan fingerprint density at radius 1 is 1.06 bits per heavy atom. The minimum Gasteiger partial charge on any atom is -0.355 e. The first kappa shape index (κ1) is 22.7. The van der Waals surface area contributed by atoms with E-state index in [4.69, 9.17) is 0 Å². The second-order valence-electron chi connectivity index (χ2n) is 8.66. The van der Waals surface area contributed by atoms with Crippen LogP contribution in [0.4, 0.5) is 5.82 Å². The fourth-order valence-electron chi connectivity index (χ4n) is 4.73. The van der Waals surface area contributed by atoms with Crippen LogP contribution in [0.15, 0.2) is 23.1 Å². The molecule has 2 saturated heterocycles. The summed E-state index contributed by atoms with van der Waals surface area (Å²) in [4.78, 5) is 41.5. The lowest BCUT2D eigenvalue weighted by atomic mass is 9.96. The third-order valence-electron chi connectivity index (χ3n) is 6.81. The summed E-state index contributed by atoms with van der Waals surface area (Å²) < 4.78 is 1.68. The molecule has 0 spiro atoms. The molecule has 174 valence electrons. The number of fused-ring (bicyclic) bond motifs is 1. The Morgan fingerprint density at radius 2 is 1.78 bits per heavy atom. The van der Waals surface area contributed by atoms with E-state index in [0.717, 1.165) is 57.6 Å². The van der Waals surface area contributed by atoms with Gasteiger partial charge >= 0.3 is 0 Å². The van der Waals surface area contributed by atoms with Gasteiger partial charge in [0.25, 0.3) is 5.56 Å². The van der Waals surface area contributed by atoms with Crippen LogP contribution in [0.2, 0.25) is 0 Å². The van der Waals surface area contributed by atoms with Gasteiger partial charge in [-0.1, -0.05) is 6.92 Å². The minimum atomic E-state index is -0.107. The maximum Gasteiger partial charge on any atom is 0.295 e. The average Bonchev–Trinajstić information content (AvgIpc) is 2.84. The molecular formula is C23H35N7O2. The molecule has 1 amide bonds. The van der Waals surface area contributed by atoms with E-state index in [9.17, 15) is 9.59 Å². The van der Waals surface area contributed by atoms with Crippen LogP contribution in [-0.2, 0) is 11.3 Å². The zero-order valence-electron chi connectivity index (χ0n) is 19.3. The van der Waals surface area contributed by atoms with Gasteiger partial charge in [-0.25, -0.2) is 9.97 Å². The van der Waals surface area contributed by atoms with Gasteiger partial charge in [-0.05, 0) is 38.4 Å². The molecule has 0 radical (unpaired) electrons. The second kappa shape index (κ2) is 10.4. The van der Waals surface area contributed by atoms with Crippen molar-refractivity contribution in [3.8, 4) is 0 Å². The number of rotatable bonds is 7. The molecule has 2 aliphatic rings. The molecule has 0 saturated carbocycles. The molecule has 4 rings (SSSR count). The van der Waals surface area contributed by atoms with Crippen LogP contribution in [0, 0.1) is 5.92 Å².